The number of aromatic nitrogens is 2. The summed E-state index contributed by atoms with van der Waals surface area (Å²) in [7, 11) is 1.91. The maximum absolute atomic E-state index is 4.91. The van der Waals surface area contributed by atoms with Crippen molar-refractivity contribution in [2.75, 3.05) is 17.7 Å². The van der Waals surface area contributed by atoms with Crippen molar-refractivity contribution in [1.29, 1.82) is 0 Å². The van der Waals surface area contributed by atoms with E-state index in [1.54, 1.807) is 0 Å². The largest absolute Gasteiger partial charge is 0.373 e. The lowest BCUT2D eigenvalue weighted by atomic mass is 9.74. The molecule has 0 radical (unpaired) electrons. The van der Waals surface area contributed by atoms with Crippen LogP contribution in [0.15, 0.2) is 54.6 Å². The van der Waals surface area contributed by atoms with Crippen molar-refractivity contribution in [3.05, 3.63) is 71.3 Å². The molecule has 0 saturated heterocycles. The van der Waals surface area contributed by atoms with Gasteiger partial charge in [0.1, 0.15) is 11.6 Å². The van der Waals surface area contributed by atoms with E-state index in [4.69, 9.17) is 9.97 Å². The molecule has 4 aromatic rings. The molecular weight excluding hydrogens is 416 g/mol. The number of anilines is 2. The minimum atomic E-state index is -0.0498. The van der Waals surface area contributed by atoms with Gasteiger partial charge in [-0.15, -0.1) is 0 Å². The Morgan fingerprint density at radius 2 is 1.38 bits per heavy atom. The fourth-order valence-electron chi connectivity index (χ4n) is 4.69. The molecular formula is C30H38N4. The van der Waals surface area contributed by atoms with Crippen LogP contribution >= 0.6 is 0 Å². The van der Waals surface area contributed by atoms with E-state index in [-0.39, 0.29) is 10.8 Å². The van der Waals surface area contributed by atoms with E-state index in [1.807, 2.05) is 13.1 Å². The highest BCUT2D eigenvalue weighted by molar-refractivity contribution is 5.83. The Morgan fingerprint density at radius 1 is 0.765 bits per heavy atom. The summed E-state index contributed by atoms with van der Waals surface area (Å²) >= 11 is 0. The average molecular weight is 455 g/mol. The number of benzene rings is 2. The smallest absolute Gasteiger partial charge is 0.126 e. The summed E-state index contributed by atoms with van der Waals surface area (Å²) in [6.45, 7) is 15.8. The van der Waals surface area contributed by atoms with Crippen molar-refractivity contribution in [3.8, 4) is 0 Å². The SMILES string of the molecule is CNc1ccc2ccc(C(C)(C)Cc3cc4ccc(NC(C)C)nc4cc3C(C)(C)C)cc2n1. The molecule has 0 fully saturated rings. The van der Waals surface area contributed by atoms with Crippen LogP contribution in [0.2, 0.25) is 0 Å². The van der Waals surface area contributed by atoms with Crippen LogP contribution in [0.4, 0.5) is 11.6 Å². The molecule has 2 aromatic heterocycles. The number of nitrogens with one attached hydrogen (secondary N) is 2. The molecule has 4 nitrogen and oxygen atoms in total. The zero-order chi connectivity index (χ0) is 24.7. The first-order valence-corrected chi connectivity index (χ1v) is 12.3. The van der Waals surface area contributed by atoms with E-state index in [2.05, 4.69) is 108 Å². The normalized spacial score (nSPS) is 12.5. The Labute approximate surface area is 204 Å². The van der Waals surface area contributed by atoms with Gasteiger partial charge in [-0.05, 0) is 90.3 Å². The van der Waals surface area contributed by atoms with Gasteiger partial charge in [0.05, 0.1) is 11.0 Å². The summed E-state index contributed by atoms with van der Waals surface area (Å²) in [6, 6.07) is 20.1. The van der Waals surface area contributed by atoms with Gasteiger partial charge < -0.3 is 10.6 Å². The van der Waals surface area contributed by atoms with Gasteiger partial charge in [0.2, 0.25) is 0 Å². The maximum atomic E-state index is 4.91. The van der Waals surface area contributed by atoms with Crippen LogP contribution in [0.5, 0.6) is 0 Å². The first kappa shape index (κ1) is 24.0. The van der Waals surface area contributed by atoms with Crippen LogP contribution < -0.4 is 10.6 Å². The zero-order valence-corrected chi connectivity index (χ0v) is 21.9. The molecule has 0 atom stereocenters. The number of pyridine rings is 2. The second kappa shape index (κ2) is 8.90. The van der Waals surface area contributed by atoms with Gasteiger partial charge in [-0.1, -0.05) is 46.8 Å². The fourth-order valence-corrected chi connectivity index (χ4v) is 4.69. The average Bonchev–Trinajstić information content (AvgIpc) is 2.76. The molecule has 34 heavy (non-hydrogen) atoms. The highest BCUT2D eigenvalue weighted by Gasteiger charge is 2.27. The van der Waals surface area contributed by atoms with Crippen molar-refractivity contribution in [2.24, 2.45) is 0 Å². The zero-order valence-electron chi connectivity index (χ0n) is 21.9. The minimum absolute atomic E-state index is 0.0232. The molecule has 2 aromatic carbocycles. The molecule has 0 unspecified atom stereocenters. The summed E-state index contributed by atoms with van der Waals surface area (Å²) in [4.78, 5) is 9.69. The van der Waals surface area contributed by atoms with Crippen molar-refractivity contribution < 1.29 is 0 Å². The maximum Gasteiger partial charge on any atom is 0.126 e. The Balaban J connectivity index is 1.76. The van der Waals surface area contributed by atoms with Gasteiger partial charge >= 0.3 is 0 Å². The third-order valence-electron chi connectivity index (χ3n) is 6.52. The van der Waals surface area contributed by atoms with Crippen LogP contribution in [-0.4, -0.2) is 23.1 Å². The van der Waals surface area contributed by atoms with Gasteiger partial charge in [0.15, 0.2) is 0 Å². The second-order valence-corrected chi connectivity index (χ2v) is 11.4. The number of rotatable bonds is 6. The van der Waals surface area contributed by atoms with Gasteiger partial charge in [-0.2, -0.15) is 0 Å². The van der Waals surface area contributed by atoms with Crippen LogP contribution in [-0.2, 0) is 17.3 Å². The van der Waals surface area contributed by atoms with Gasteiger partial charge in [-0.25, -0.2) is 9.97 Å². The van der Waals surface area contributed by atoms with E-state index in [9.17, 15) is 0 Å². The lowest BCUT2D eigenvalue weighted by Crippen LogP contribution is -2.24. The summed E-state index contributed by atoms with van der Waals surface area (Å²) in [5.41, 5.74) is 6.09. The summed E-state index contributed by atoms with van der Waals surface area (Å²) in [5, 5.41) is 8.93. The van der Waals surface area contributed by atoms with Crippen molar-refractivity contribution >= 4 is 33.4 Å². The number of fused-ring (bicyclic) bond motifs is 2. The molecule has 4 heteroatoms. The van der Waals surface area contributed by atoms with E-state index in [0.717, 1.165) is 34.5 Å². The van der Waals surface area contributed by atoms with Crippen molar-refractivity contribution in [1.82, 2.24) is 9.97 Å². The van der Waals surface area contributed by atoms with E-state index in [1.165, 1.54) is 22.1 Å². The molecule has 0 aliphatic rings. The molecule has 0 amide bonds. The topological polar surface area (TPSA) is 49.8 Å². The van der Waals surface area contributed by atoms with Crippen LogP contribution in [0.1, 0.15) is 65.2 Å². The molecule has 0 aliphatic carbocycles. The third-order valence-corrected chi connectivity index (χ3v) is 6.52. The Hall–Kier alpha value is -3.14. The summed E-state index contributed by atoms with van der Waals surface area (Å²) < 4.78 is 0. The summed E-state index contributed by atoms with van der Waals surface area (Å²) in [5.74, 6) is 1.82. The van der Waals surface area contributed by atoms with Gasteiger partial charge in [0.25, 0.3) is 0 Å². The number of hydrogen-bond donors (Lipinski definition) is 2. The third kappa shape index (κ3) is 5.01. The van der Waals surface area contributed by atoms with Crippen LogP contribution in [0.25, 0.3) is 21.8 Å². The highest BCUT2D eigenvalue weighted by Crippen LogP contribution is 2.36. The molecule has 0 saturated carbocycles. The monoisotopic (exact) mass is 454 g/mol. The summed E-state index contributed by atoms with van der Waals surface area (Å²) in [6.07, 6.45) is 0.943. The predicted octanol–water partition coefficient (Wildman–Crippen LogP) is 7.46. The highest BCUT2D eigenvalue weighted by atomic mass is 15.0. The van der Waals surface area contributed by atoms with E-state index in [0.29, 0.717) is 6.04 Å². The predicted molar refractivity (Wildman–Crippen MR) is 147 cm³/mol. The lowest BCUT2D eigenvalue weighted by molar-refractivity contribution is 0.507. The first-order chi connectivity index (χ1) is 16.0. The second-order valence-electron chi connectivity index (χ2n) is 11.4. The number of nitrogens with zero attached hydrogens (tertiary/aromatic N) is 2. The molecule has 2 N–H and O–H groups in total. The molecule has 178 valence electrons. The van der Waals surface area contributed by atoms with Gasteiger partial charge in [0, 0.05) is 23.9 Å². The van der Waals surface area contributed by atoms with E-state index < -0.39 is 0 Å². The van der Waals surface area contributed by atoms with Crippen molar-refractivity contribution in [2.45, 2.75) is 71.8 Å². The quantitative estimate of drug-likeness (QED) is 0.317. The van der Waals surface area contributed by atoms with Gasteiger partial charge in [-0.3, -0.25) is 0 Å². The van der Waals surface area contributed by atoms with Crippen LogP contribution in [0, 0.1) is 0 Å². The molecule has 4 rings (SSSR count). The molecule has 0 aliphatic heterocycles. The van der Waals surface area contributed by atoms with Crippen molar-refractivity contribution in [3.63, 3.8) is 0 Å². The number of hydrogen-bond acceptors (Lipinski definition) is 4. The fraction of sp³-hybridized carbons (Fsp3) is 0.400. The van der Waals surface area contributed by atoms with E-state index >= 15 is 0 Å². The minimum Gasteiger partial charge on any atom is -0.373 e. The molecule has 0 spiro atoms. The Kier molecular flexibility index (Phi) is 6.28. The molecule has 2 heterocycles. The lowest BCUT2D eigenvalue weighted by Gasteiger charge is -2.30. The Morgan fingerprint density at radius 3 is 2.06 bits per heavy atom. The van der Waals surface area contributed by atoms with Crippen LogP contribution in [0.3, 0.4) is 0 Å². The molecule has 0 bridgehead atoms. The Bertz CT molecular complexity index is 1330. The standard InChI is InChI=1S/C30H38N4/c1-19(2)32-28-14-11-21-15-22(24(29(3,4)5)17-26(21)34-28)18-30(6,7)23-12-9-20-10-13-27(31-8)33-25(20)16-23/h9-17,19H,18H2,1-8H3,(H,31,33)(H,32,34). The first-order valence-electron chi connectivity index (χ1n) is 12.3.